The number of hydrazine groups is 1. The zero-order chi connectivity index (χ0) is 18.7. The molecule has 2 aromatic carbocycles. The Labute approximate surface area is 168 Å². The monoisotopic (exact) mass is 411 g/mol. The molecule has 3 rings (SSSR count). The van der Waals surface area contributed by atoms with Crippen molar-refractivity contribution in [1.29, 1.82) is 0 Å². The molecular formula is C19H20Cl3N3O. The normalized spacial score (nSPS) is 19.1. The lowest BCUT2D eigenvalue weighted by Gasteiger charge is -2.46. The van der Waals surface area contributed by atoms with Gasteiger partial charge in [0, 0.05) is 21.6 Å². The lowest BCUT2D eigenvalue weighted by molar-refractivity contribution is 0.0598. The lowest BCUT2D eigenvalue weighted by atomic mass is 9.97. The summed E-state index contributed by atoms with van der Waals surface area (Å²) in [6.45, 7) is 2.00. The zero-order valence-corrected chi connectivity index (χ0v) is 16.6. The third-order valence-electron chi connectivity index (χ3n) is 4.44. The van der Waals surface area contributed by atoms with Crippen molar-refractivity contribution in [2.24, 2.45) is 0 Å². The summed E-state index contributed by atoms with van der Waals surface area (Å²) < 4.78 is 0. The number of hydrogen-bond donors (Lipinski definition) is 2. The number of nitrogens with zero attached hydrogens (tertiary/aromatic N) is 1. The lowest BCUT2D eigenvalue weighted by Crippen LogP contribution is -2.60. The number of amides is 1. The number of carbonyl (C=O) groups excluding carboxylic acids is 1. The van der Waals surface area contributed by atoms with Crippen molar-refractivity contribution >= 4 is 52.1 Å². The summed E-state index contributed by atoms with van der Waals surface area (Å²) in [5, 5.41) is 6.28. The molecule has 0 radical (unpaired) electrons. The van der Waals surface area contributed by atoms with Crippen LogP contribution in [0.4, 0.5) is 11.4 Å². The molecule has 138 valence electrons. The molecule has 1 heterocycles. The Bertz CT molecular complexity index is 797. The minimum Gasteiger partial charge on any atom is -0.361 e. The highest BCUT2D eigenvalue weighted by Crippen LogP contribution is 2.35. The molecule has 1 atom stereocenters. The topological polar surface area (TPSA) is 44.4 Å². The van der Waals surface area contributed by atoms with Gasteiger partial charge in [0.05, 0.1) is 11.3 Å². The first kappa shape index (κ1) is 19.2. The molecule has 7 heteroatoms. The zero-order valence-electron chi connectivity index (χ0n) is 14.4. The van der Waals surface area contributed by atoms with Crippen molar-refractivity contribution in [1.82, 2.24) is 5.01 Å². The van der Waals surface area contributed by atoms with Crippen LogP contribution in [-0.2, 0) is 0 Å². The number of fused-ring (bicyclic) bond motifs is 1. The minimum absolute atomic E-state index is 0.135. The van der Waals surface area contributed by atoms with Gasteiger partial charge in [-0.2, -0.15) is 0 Å². The Morgan fingerprint density at radius 3 is 2.46 bits per heavy atom. The Hall–Kier alpha value is -1.62. The van der Waals surface area contributed by atoms with Gasteiger partial charge in [0.15, 0.2) is 0 Å². The Kier molecular flexibility index (Phi) is 5.86. The van der Waals surface area contributed by atoms with Crippen LogP contribution in [0.25, 0.3) is 0 Å². The number of unbranched alkanes of at least 4 members (excludes halogenated alkanes) is 1. The van der Waals surface area contributed by atoms with Crippen molar-refractivity contribution in [3.63, 3.8) is 0 Å². The number of carbonyl (C=O) groups is 1. The van der Waals surface area contributed by atoms with Crippen LogP contribution in [0.5, 0.6) is 0 Å². The highest BCUT2D eigenvalue weighted by Gasteiger charge is 2.41. The largest absolute Gasteiger partial charge is 0.361 e. The number of alkyl halides is 1. The van der Waals surface area contributed by atoms with Crippen LogP contribution < -0.4 is 10.7 Å². The Morgan fingerprint density at radius 1 is 1.08 bits per heavy atom. The summed E-state index contributed by atoms with van der Waals surface area (Å²) in [5.74, 6) is 0.463. The fourth-order valence-corrected chi connectivity index (χ4v) is 3.55. The van der Waals surface area contributed by atoms with Crippen LogP contribution in [0.1, 0.15) is 36.5 Å². The van der Waals surface area contributed by atoms with E-state index < -0.39 is 5.66 Å². The first-order chi connectivity index (χ1) is 12.4. The third kappa shape index (κ3) is 4.03. The van der Waals surface area contributed by atoms with E-state index in [4.69, 9.17) is 34.8 Å². The standard InChI is InChI=1S/C19H20Cl3N3O/c1-19(10-2-3-11-20)23-17-9-6-14(22)12-16(17)18(26)25(19)24-15-7-4-13(21)5-8-15/h4-9,12,23-24H,2-3,10-11H2,1H3. The van der Waals surface area contributed by atoms with Gasteiger partial charge in [0.1, 0.15) is 5.66 Å². The summed E-state index contributed by atoms with van der Waals surface area (Å²) in [6, 6.07) is 12.5. The van der Waals surface area contributed by atoms with Crippen molar-refractivity contribution in [3.05, 3.63) is 58.1 Å². The number of hydrogen-bond acceptors (Lipinski definition) is 3. The smallest absolute Gasteiger partial charge is 0.276 e. The van der Waals surface area contributed by atoms with Gasteiger partial charge < -0.3 is 5.32 Å². The van der Waals surface area contributed by atoms with Gasteiger partial charge in [-0.1, -0.05) is 23.2 Å². The maximum atomic E-state index is 13.2. The molecule has 0 saturated carbocycles. The molecule has 1 amide bonds. The number of rotatable bonds is 6. The number of benzene rings is 2. The molecule has 0 aromatic heterocycles. The van der Waals surface area contributed by atoms with Crippen LogP contribution in [0.2, 0.25) is 10.0 Å². The van der Waals surface area contributed by atoms with Crippen molar-refractivity contribution in [2.75, 3.05) is 16.6 Å². The molecular weight excluding hydrogens is 393 g/mol. The summed E-state index contributed by atoms with van der Waals surface area (Å²) in [7, 11) is 0. The third-order valence-corrected chi connectivity index (χ3v) is 5.20. The van der Waals surface area contributed by atoms with Crippen LogP contribution in [-0.4, -0.2) is 22.5 Å². The maximum absolute atomic E-state index is 13.2. The molecule has 2 N–H and O–H groups in total. The molecule has 2 aromatic rings. The van der Waals surface area contributed by atoms with Gasteiger partial charge in [-0.15, -0.1) is 11.6 Å². The second-order valence-electron chi connectivity index (χ2n) is 6.49. The molecule has 0 aliphatic carbocycles. The molecule has 0 fully saturated rings. The molecule has 1 aliphatic heterocycles. The minimum atomic E-state index is -0.608. The first-order valence-corrected chi connectivity index (χ1v) is 9.72. The Balaban J connectivity index is 1.95. The summed E-state index contributed by atoms with van der Waals surface area (Å²) in [6.07, 6.45) is 2.52. The molecule has 0 saturated heterocycles. The van der Waals surface area contributed by atoms with Gasteiger partial charge in [-0.05, 0) is 68.7 Å². The highest BCUT2D eigenvalue weighted by molar-refractivity contribution is 6.31. The van der Waals surface area contributed by atoms with E-state index in [1.807, 2.05) is 25.1 Å². The van der Waals surface area contributed by atoms with E-state index in [0.717, 1.165) is 30.6 Å². The maximum Gasteiger partial charge on any atom is 0.276 e. The first-order valence-electron chi connectivity index (χ1n) is 8.43. The summed E-state index contributed by atoms with van der Waals surface area (Å²) in [4.78, 5) is 13.2. The van der Waals surface area contributed by atoms with Crippen LogP contribution in [0.3, 0.4) is 0 Å². The van der Waals surface area contributed by atoms with Crippen molar-refractivity contribution < 1.29 is 4.79 Å². The van der Waals surface area contributed by atoms with E-state index in [-0.39, 0.29) is 5.91 Å². The van der Waals surface area contributed by atoms with Gasteiger partial charge in [0.25, 0.3) is 5.91 Å². The van der Waals surface area contributed by atoms with E-state index in [2.05, 4.69) is 10.7 Å². The van der Waals surface area contributed by atoms with E-state index in [0.29, 0.717) is 21.5 Å². The van der Waals surface area contributed by atoms with E-state index in [1.54, 1.807) is 29.3 Å². The van der Waals surface area contributed by atoms with Crippen LogP contribution in [0, 0.1) is 0 Å². The molecule has 1 aliphatic rings. The summed E-state index contributed by atoms with van der Waals surface area (Å²) in [5.41, 5.74) is 4.71. The van der Waals surface area contributed by atoms with Crippen LogP contribution >= 0.6 is 34.8 Å². The second-order valence-corrected chi connectivity index (χ2v) is 7.74. The molecule has 0 bridgehead atoms. The number of halogens is 3. The quantitative estimate of drug-likeness (QED) is 0.451. The predicted octanol–water partition coefficient (Wildman–Crippen LogP) is 6.01. The second kappa shape index (κ2) is 7.95. The average Bonchev–Trinajstić information content (AvgIpc) is 2.61. The van der Waals surface area contributed by atoms with Crippen molar-refractivity contribution in [2.45, 2.75) is 31.8 Å². The average molecular weight is 413 g/mol. The molecule has 1 unspecified atom stereocenters. The van der Waals surface area contributed by atoms with Gasteiger partial charge in [-0.3, -0.25) is 10.2 Å². The van der Waals surface area contributed by atoms with Crippen LogP contribution in [0.15, 0.2) is 42.5 Å². The van der Waals surface area contributed by atoms with Gasteiger partial charge >= 0.3 is 0 Å². The van der Waals surface area contributed by atoms with E-state index in [9.17, 15) is 4.79 Å². The summed E-state index contributed by atoms with van der Waals surface area (Å²) >= 11 is 17.9. The van der Waals surface area contributed by atoms with Crippen molar-refractivity contribution in [3.8, 4) is 0 Å². The van der Waals surface area contributed by atoms with E-state index in [1.165, 1.54) is 0 Å². The molecule has 26 heavy (non-hydrogen) atoms. The Morgan fingerprint density at radius 2 is 1.77 bits per heavy atom. The van der Waals surface area contributed by atoms with Gasteiger partial charge in [-0.25, -0.2) is 5.01 Å². The highest BCUT2D eigenvalue weighted by atomic mass is 35.5. The van der Waals surface area contributed by atoms with E-state index >= 15 is 0 Å². The number of nitrogens with one attached hydrogen (secondary N) is 2. The van der Waals surface area contributed by atoms with Gasteiger partial charge in [0.2, 0.25) is 0 Å². The predicted molar refractivity (Wildman–Crippen MR) is 109 cm³/mol. The number of anilines is 2. The fraction of sp³-hybridized carbons (Fsp3) is 0.316. The SMILES string of the molecule is CC1(CCCCCl)Nc2ccc(Cl)cc2C(=O)N1Nc1ccc(Cl)cc1. The fourth-order valence-electron chi connectivity index (χ4n) is 3.06. The molecule has 4 nitrogen and oxygen atoms in total. The molecule has 0 spiro atoms.